The summed E-state index contributed by atoms with van der Waals surface area (Å²) < 4.78 is 0. The Morgan fingerprint density at radius 2 is 2.15 bits per heavy atom. The molecule has 0 heterocycles. The highest BCUT2D eigenvalue weighted by Crippen LogP contribution is 2.42. The van der Waals surface area contributed by atoms with Crippen molar-refractivity contribution in [1.82, 2.24) is 0 Å². The summed E-state index contributed by atoms with van der Waals surface area (Å²) in [4.78, 5) is 11.2. The third-order valence-electron chi connectivity index (χ3n) is 3.29. The largest absolute Gasteiger partial charge is 0.481 e. The van der Waals surface area contributed by atoms with Gasteiger partial charge in [-0.1, -0.05) is 13.8 Å². The highest BCUT2D eigenvalue weighted by atomic mass is 16.4. The molecule has 0 bridgehead atoms. The van der Waals surface area contributed by atoms with Gasteiger partial charge in [0.1, 0.15) is 0 Å². The molecule has 0 aromatic carbocycles. The Morgan fingerprint density at radius 3 is 2.46 bits per heavy atom. The predicted molar refractivity (Wildman–Crippen MR) is 49.4 cm³/mol. The number of carboxylic acids is 1. The second-order valence-corrected chi connectivity index (χ2v) is 4.37. The predicted octanol–water partition coefficient (Wildman–Crippen LogP) is 1.65. The fraction of sp³-hybridized carbons (Fsp3) is 0.900. The summed E-state index contributed by atoms with van der Waals surface area (Å²) in [5.74, 6) is -0.652. The summed E-state index contributed by atoms with van der Waals surface area (Å²) in [7, 11) is 0. The van der Waals surface area contributed by atoms with Gasteiger partial charge in [0.05, 0.1) is 11.5 Å². The van der Waals surface area contributed by atoms with E-state index in [1.165, 1.54) is 0 Å². The minimum absolute atomic E-state index is 0.0972. The fourth-order valence-electron chi connectivity index (χ4n) is 2.24. The first-order valence-electron chi connectivity index (χ1n) is 4.90. The third kappa shape index (κ3) is 1.85. The van der Waals surface area contributed by atoms with Gasteiger partial charge in [-0.25, -0.2) is 0 Å². The first-order chi connectivity index (χ1) is 5.99. The van der Waals surface area contributed by atoms with Gasteiger partial charge in [0, 0.05) is 0 Å². The van der Waals surface area contributed by atoms with Gasteiger partial charge in [-0.15, -0.1) is 0 Å². The van der Waals surface area contributed by atoms with E-state index in [1.54, 1.807) is 0 Å². The van der Waals surface area contributed by atoms with Gasteiger partial charge in [-0.05, 0) is 31.6 Å². The van der Waals surface area contributed by atoms with Crippen LogP contribution in [0.5, 0.6) is 0 Å². The number of hydrogen-bond donors (Lipinski definition) is 2. The Kier molecular flexibility index (Phi) is 2.96. The lowest BCUT2D eigenvalue weighted by Gasteiger charge is -2.38. The lowest BCUT2D eigenvalue weighted by molar-refractivity contribution is -0.157. The van der Waals surface area contributed by atoms with Crippen molar-refractivity contribution < 1.29 is 15.0 Å². The van der Waals surface area contributed by atoms with E-state index in [-0.39, 0.29) is 5.92 Å². The van der Waals surface area contributed by atoms with Gasteiger partial charge in [-0.2, -0.15) is 0 Å². The van der Waals surface area contributed by atoms with E-state index in [0.717, 1.165) is 12.8 Å². The first kappa shape index (κ1) is 10.5. The molecule has 0 amide bonds. The Bertz CT molecular complexity index is 200. The smallest absolute Gasteiger partial charge is 0.309 e. The van der Waals surface area contributed by atoms with E-state index in [9.17, 15) is 9.90 Å². The van der Waals surface area contributed by atoms with Crippen LogP contribution >= 0.6 is 0 Å². The van der Waals surface area contributed by atoms with Gasteiger partial charge in [0.25, 0.3) is 0 Å². The van der Waals surface area contributed by atoms with E-state index < -0.39 is 17.5 Å². The van der Waals surface area contributed by atoms with E-state index in [2.05, 4.69) is 0 Å². The van der Waals surface area contributed by atoms with Crippen LogP contribution in [0.25, 0.3) is 0 Å². The molecule has 3 heteroatoms. The van der Waals surface area contributed by atoms with Crippen molar-refractivity contribution in [2.75, 3.05) is 0 Å². The molecule has 2 atom stereocenters. The second-order valence-electron chi connectivity index (χ2n) is 4.37. The molecule has 1 rings (SSSR count). The number of carbonyl (C=O) groups is 1. The average molecular weight is 186 g/mol. The highest BCUT2D eigenvalue weighted by molar-refractivity contribution is 5.75. The summed E-state index contributed by atoms with van der Waals surface area (Å²) in [6, 6.07) is 0. The van der Waals surface area contributed by atoms with Crippen LogP contribution in [0.4, 0.5) is 0 Å². The topological polar surface area (TPSA) is 57.5 Å². The Morgan fingerprint density at radius 1 is 1.54 bits per heavy atom. The van der Waals surface area contributed by atoms with Crippen molar-refractivity contribution in [2.24, 2.45) is 11.3 Å². The van der Waals surface area contributed by atoms with Crippen molar-refractivity contribution in [2.45, 2.75) is 45.6 Å². The number of rotatable bonds is 2. The van der Waals surface area contributed by atoms with Crippen LogP contribution in [0, 0.1) is 11.3 Å². The van der Waals surface area contributed by atoms with Gasteiger partial charge in [0.2, 0.25) is 0 Å². The zero-order chi connectivity index (χ0) is 10.1. The van der Waals surface area contributed by atoms with Crippen LogP contribution in [0.15, 0.2) is 0 Å². The molecule has 0 radical (unpaired) electrons. The second kappa shape index (κ2) is 3.66. The molecule has 0 aromatic rings. The lowest BCUT2D eigenvalue weighted by atomic mass is 9.66. The molecule has 0 spiro atoms. The van der Waals surface area contributed by atoms with Gasteiger partial charge in [0.15, 0.2) is 0 Å². The van der Waals surface area contributed by atoms with Gasteiger partial charge in [-0.3, -0.25) is 4.79 Å². The molecule has 0 aliphatic heterocycles. The molecule has 1 aliphatic rings. The number of aliphatic hydroxyl groups is 1. The zero-order valence-electron chi connectivity index (χ0n) is 8.29. The molecule has 1 fully saturated rings. The number of aliphatic carboxylic acids is 1. The molecule has 1 saturated carbocycles. The maximum absolute atomic E-state index is 11.2. The minimum atomic E-state index is -0.749. The van der Waals surface area contributed by atoms with Crippen LogP contribution in [-0.2, 0) is 4.79 Å². The molecule has 0 unspecified atom stereocenters. The molecular weight excluding hydrogens is 168 g/mol. The summed E-state index contributed by atoms with van der Waals surface area (Å²) in [5.41, 5.74) is -0.683. The number of aliphatic hydroxyl groups excluding tert-OH is 1. The van der Waals surface area contributed by atoms with Crippen LogP contribution in [0.2, 0.25) is 0 Å². The summed E-state index contributed by atoms with van der Waals surface area (Å²) in [6.45, 7) is 3.85. The number of carboxylic acid groups (broad SMARTS) is 1. The molecule has 0 aromatic heterocycles. The highest BCUT2D eigenvalue weighted by Gasteiger charge is 2.44. The van der Waals surface area contributed by atoms with Gasteiger partial charge < -0.3 is 10.2 Å². The van der Waals surface area contributed by atoms with Crippen LogP contribution < -0.4 is 0 Å². The van der Waals surface area contributed by atoms with Crippen LogP contribution in [0.3, 0.4) is 0 Å². The number of hydrogen-bond acceptors (Lipinski definition) is 2. The van der Waals surface area contributed by atoms with Crippen LogP contribution in [0.1, 0.15) is 39.5 Å². The molecular formula is C10H18O3. The van der Waals surface area contributed by atoms with E-state index >= 15 is 0 Å². The summed E-state index contributed by atoms with van der Waals surface area (Å²) in [6.07, 6.45) is 2.28. The Balaban J connectivity index is 2.83. The molecule has 3 nitrogen and oxygen atoms in total. The first-order valence-corrected chi connectivity index (χ1v) is 4.90. The quantitative estimate of drug-likeness (QED) is 0.689. The SMILES string of the molecule is CC(C)[C@]1(C(=O)O)CCC[C@@H](O)C1. The van der Waals surface area contributed by atoms with E-state index in [0.29, 0.717) is 12.8 Å². The molecule has 0 saturated heterocycles. The van der Waals surface area contributed by atoms with Crippen molar-refractivity contribution in [3.63, 3.8) is 0 Å². The third-order valence-corrected chi connectivity index (χ3v) is 3.29. The van der Waals surface area contributed by atoms with Crippen molar-refractivity contribution in [3.8, 4) is 0 Å². The summed E-state index contributed by atoms with van der Waals surface area (Å²) in [5, 5.41) is 18.6. The fourth-order valence-corrected chi connectivity index (χ4v) is 2.24. The molecule has 13 heavy (non-hydrogen) atoms. The van der Waals surface area contributed by atoms with Gasteiger partial charge >= 0.3 is 5.97 Å². The average Bonchev–Trinajstić information content (AvgIpc) is 2.03. The van der Waals surface area contributed by atoms with Crippen molar-refractivity contribution in [1.29, 1.82) is 0 Å². The monoisotopic (exact) mass is 186 g/mol. The Labute approximate surface area is 78.8 Å². The Hall–Kier alpha value is -0.570. The molecule has 1 aliphatic carbocycles. The van der Waals surface area contributed by atoms with Crippen LogP contribution in [-0.4, -0.2) is 22.3 Å². The standard InChI is InChI=1S/C10H18O3/c1-7(2)10(9(12)13)5-3-4-8(11)6-10/h7-8,11H,3-6H2,1-2H3,(H,12,13)/t8-,10+/m1/s1. The lowest BCUT2D eigenvalue weighted by Crippen LogP contribution is -2.42. The summed E-state index contributed by atoms with van der Waals surface area (Å²) >= 11 is 0. The van der Waals surface area contributed by atoms with Crippen molar-refractivity contribution >= 4 is 5.97 Å². The maximum Gasteiger partial charge on any atom is 0.309 e. The molecule has 2 N–H and O–H groups in total. The normalized spacial score (nSPS) is 34.9. The van der Waals surface area contributed by atoms with E-state index in [1.807, 2.05) is 13.8 Å². The zero-order valence-corrected chi connectivity index (χ0v) is 8.29. The molecule has 76 valence electrons. The maximum atomic E-state index is 11.2. The van der Waals surface area contributed by atoms with Crippen molar-refractivity contribution in [3.05, 3.63) is 0 Å². The minimum Gasteiger partial charge on any atom is -0.481 e. The van der Waals surface area contributed by atoms with E-state index in [4.69, 9.17) is 5.11 Å².